The Balaban J connectivity index is 4.22. The predicted octanol–water partition coefficient (Wildman–Crippen LogP) is 12.3. The number of quaternary nitrogens is 1. The Morgan fingerprint density at radius 2 is 1.05 bits per heavy atom. The number of ether oxygens (including phenoxy) is 2. The van der Waals surface area contributed by atoms with E-state index in [4.69, 9.17) is 18.5 Å². The van der Waals surface area contributed by atoms with Gasteiger partial charge in [0.25, 0.3) is 7.82 Å². The summed E-state index contributed by atoms with van der Waals surface area (Å²) in [7, 11) is 1.34. The van der Waals surface area contributed by atoms with Gasteiger partial charge in [0.15, 0.2) is 0 Å². The van der Waals surface area contributed by atoms with Crippen LogP contribution in [-0.2, 0) is 27.9 Å². The molecule has 0 aliphatic heterocycles. The molecule has 0 aliphatic rings. The van der Waals surface area contributed by atoms with Crippen molar-refractivity contribution >= 4 is 13.8 Å². The fourth-order valence-corrected chi connectivity index (χ4v) is 6.36. The molecular weight excluding hydrogens is 709 g/mol. The number of unbranched alkanes of at least 4 members (excludes halogenated alkanes) is 16. The van der Waals surface area contributed by atoms with Crippen molar-refractivity contribution < 1.29 is 37.3 Å². The summed E-state index contributed by atoms with van der Waals surface area (Å²) in [5, 5.41) is 0. The highest BCUT2D eigenvalue weighted by molar-refractivity contribution is 7.45. The van der Waals surface area contributed by atoms with Gasteiger partial charge in [-0.15, -0.1) is 0 Å². The van der Waals surface area contributed by atoms with E-state index >= 15 is 0 Å². The standard InChI is InChI=1S/C46H84NO7P/c1-6-8-10-12-14-16-18-20-21-22-23-24-25-26-27-28-29-31-33-35-37-39-46(48)54-45(44-53-55(49,50)52-42-40-47(3,4)5)43-51-41-38-36-34-32-30-19-17-15-13-11-9-7-2/h8,10,13-16,20-21,23-24,45H,6-7,9,11-12,17-19,22,25-44H2,1-5H3/b10-8-,15-13-,16-14-,21-20-,24-23-. The number of allylic oxidation sites excluding steroid dienone is 10. The van der Waals surface area contributed by atoms with Gasteiger partial charge in [-0.25, -0.2) is 0 Å². The Hall–Kier alpha value is -1.80. The largest absolute Gasteiger partial charge is 0.756 e. The monoisotopic (exact) mass is 794 g/mol. The highest BCUT2D eigenvalue weighted by Crippen LogP contribution is 2.38. The summed E-state index contributed by atoms with van der Waals surface area (Å²) in [6.07, 6.45) is 48.0. The van der Waals surface area contributed by atoms with E-state index in [-0.39, 0.29) is 25.8 Å². The summed E-state index contributed by atoms with van der Waals surface area (Å²) in [6, 6.07) is 0. The van der Waals surface area contributed by atoms with Gasteiger partial charge in [0, 0.05) is 13.0 Å². The maximum Gasteiger partial charge on any atom is 0.306 e. The lowest BCUT2D eigenvalue weighted by atomic mass is 10.1. The van der Waals surface area contributed by atoms with Crippen LogP contribution >= 0.6 is 7.82 Å². The normalized spacial score (nSPS) is 14.4. The van der Waals surface area contributed by atoms with Crippen LogP contribution < -0.4 is 4.89 Å². The molecule has 0 saturated heterocycles. The average molecular weight is 794 g/mol. The minimum Gasteiger partial charge on any atom is -0.756 e. The van der Waals surface area contributed by atoms with Crippen molar-refractivity contribution in [1.82, 2.24) is 0 Å². The summed E-state index contributed by atoms with van der Waals surface area (Å²) < 4.78 is 34.5. The van der Waals surface area contributed by atoms with Crippen LogP contribution in [0.5, 0.6) is 0 Å². The molecule has 0 saturated carbocycles. The molecule has 9 heteroatoms. The molecule has 0 heterocycles. The first-order chi connectivity index (χ1) is 26.6. The minimum atomic E-state index is -4.53. The zero-order valence-electron chi connectivity index (χ0n) is 36.1. The summed E-state index contributed by atoms with van der Waals surface area (Å²) in [6.45, 7) is 5.23. The number of phosphoric acid groups is 1. The first kappa shape index (κ1) is 53.2. The van der Waals surface area contributed by atoms with E-state index < -0.39 is 13.9 Å². The summed E-state index contributed by atoms with van der Waals surface area (Å²) in [5.41, 5.74) is 0. The van der Waals surface area contributed by atoms with Crippen LogP contribution in [0.2, 0.25) is 0 Å². The second kappa shape index (κ2) is 39.0. The Bertz CT molecular complexity index is 1060. The van der Waals surface area contributed by atoms with Crippen LogP contribution in [0.3, 0.4) is 0 Å². The second-order valence-corrected chi connectivity index (χ2v) is 17.1. The molecule has 0 N–H and O–H groups in total. The molecule has 0 fully saturated rings. The molecule has 2 atom stereocenters. The fraction of sp³-hybridized carbons (Fsp3) is 0.761. The van der Waals surface area contributed by atoms with Crippen molar-refractivity contribution in [3.05, 3.63) is 60.8 Å². The SMILES string of the molecule is CC/C=C\C/C=C\C/C=C\C/C=C\CCCCCCCCCCC(=O)OC(COCCCCCCCC/C=C\CCCC)COP(=O)([O-])OCC[N+](C)(C)C. The van der Waals surface area contributed by atoms with Crippen molar-refractivity contribution in [1.29, 1.82) is 0 Å². The van der Waals surface area contributed by atoms with Gasteiger partial charge in [-0.05, 0) is 70.6 Å². The number of hydrogen-bond donors (Lipinski definition) is 0. The van der Waals surface area contributed by atoms with Gasteiger partial charge in [0.2, 0.25) is 0 Å². The smallest absolute Gasteiger partial charge is 0.306 e. The molecule has 55 heavy (non-hydrogen) atoms. The number of rotatable bonds is 40. The molecule has 0 aliphatic carbocycles. The third-order valence-corrected chi connectivity index (χ3v) is 10.0. The molecule has 0 aromatic carbocycles. The molecule has 0 aromatic heterocycles. The highest BCUT2D eigenvalue weighted by Gasteiger charge is 2.20. The first-order valence-corrected chi connectivity index (χ1v) is 23.5. The topological polar surface area (TPSA) is 94.1 Å². The number of carbonyl (C=O) groups is 1. The van der Waals surface area contributed by atoms with Gasteiger partial charge in [0.1, 0.15) is 19.3 Å². The Morgan fingerprint density at radius 1 is 0.582 bits per heavy atom. The number of hydrogen-bond acceptors (Lipinski definition) is 7. The van der Waals surface area contributed by atoms with E-state index in [0.29, 0.717) is 24.1 Å². The zero-order valence-corrected chi connectivity index (χ0v) is 37.0. The minimum absolute atomic E-state index is 0.0208. The molecule has 0 radical (unpaired) electrons. The van der Waals surface area contributed by atoms with Crippen molar-refractivity contribution in [3.63, 3.8) is 0 Å². The van der Waals surface area contributed by atoms with Gasteiger partial charge < -0.3 is 27.9 Å². The second-order valence-electron chi connectivity index (χ2n) is 15.7. The molecule has 320 valence electrons. The van der Waals surface area contributed by atoms with Crippen LogP contribution in [-0.4, -0.2) is 70.7 Å². The number of carbonyl (C=O) groups excluding carboxylic acids is 1. The van der Waals surface area contributed by atoms with E-state index in [1.165, 1.54) is 83.5 Å². The lowest BCUT2D eigenvalue weighted by molar-refractivity contribution is -0.870. The molecule has 0 rings (SSSR count). The number of likely N-dealkylation sites (N-methyl/N-ethyl adjacent to an activating group) is 1. The Labute approximate surface area is 339 Å². The summed E-state index contributed by atoms with van der Waals surface area (Å²) in [4.78, 5) is 25.0. The third-order valence-electron chi connectivity index (χ3n) is 9.05. The number of esters is 1. The maximum atomic E-state index is 12.7. The van der Waals surface area contributed by atoms with E-state index in [9.17, 15) is 14.3 Å². The maximum absolute atomic E-state index is 12.7. The average Bonchev–Trinajstić information content (AvgIpc) is 3.13. The molecule has 0 spiro atoms. The van der Waals surface area contributed by atoms with Crippen molar-refractivity contribution in [2.75, 3.05) is 54.1 Å². The number of nitrogens with zero attached hydrogens (tertiary/aromatic N) is 1. The van der Waals surface area contributed by atoms with Crippen LogP contribution in [0, 0.1) is 0 Å². The van der Waals surface area contributed by atoms with Gasteiger partial charge in [-0.3, -0.25) is 9.36 Å². The molecular formula is C46H84NO7P. The molecule has 0 bridgehead atoms. The number of phosphoric ester groups is 1. The van der Waals surface area contributed by atoms with E-state index in [1.807, 2.05) is 21.1 Å². The van der Waals surface area contributed by atoms with Crippen LogP contribution in [0.15, 0.2) is 60.8 Å². The van der Waals surface area contributed by atoms with Crippen LogP contribution in [0.4, 0.5) is 0 Å². The van der Waals surface area contributed by atoms with Crippen molar-refractivity contribution in [2.45, 2.75) is 174 Å². The lowest BCUT2D eigenvalue weighted by Crippen LogP contribution is -2.37. The lowest BCUT2D eigenvalue weighted by Gasteiger charge is -2.28. The van der Waals surface area contributed by atoms with Gasteiger partial charge in [-0.1, -0.05) is 152 Å². The first-order valence-electron chi connectivity index (χ1n) is 22.0. The summed E-state index contributed by atoms with van der Waals surface area (Å²) in [5.74, 6) is -0.347. The Morgan fingerprint density at radius 3 is 1.60 bits per heavy atom. The summed E-state index contributed by atoms with van der Waals surface area (Å²) >= 11 is 0. The Kier molecular flexibility index (Phi) is 37.8. The van der Waals surface area contributed by atoms with Crippen LogP contribution in [0.25, 0.3) is 0 Å². The molecule has 0 aromatic rings. The van der Waals surface area contributed by atoms with E-state index in [0.717, 1.165) is 64.2 Å². The third kappa shape index (κ3) is 43.2. The predicted molar refractivity (Wildman–Crippen MR) is 231 cm³/mol. The van der Waals surface area contributed by atoms with Gasteiger partial charge in [-0.2, -0.15) is 0 Å². The zero-order chi connectivity index (χ0) is 40.6. The quantitative estimate of drug-likeness (QED) is 0.0200. The fourth-order valence-electron chi connectivity index (χ4n) is 5.63. The molecule has 2 unspecified atom stereocenters. The van der Waals surface area contributed by atoms with Gasteiger partial charge >= 0.3 is 5.97 Å². The van der Waals surface area contributed by atoms with Crippen molar-refractivity contribution in [2.24, 2.45) is 0 Å². The molecule has 8 nitrogen and oxygen atoms in total. The highest BCUT2D eigenvalue weighted by atomic mass is 31.2. The van der Waals surface area contributed by atoms with Crippen molar-refractivity contribution in [3.8, 4) is 0 Å². The van der Waals surface area contributed by atoms with Gasteiger partial charge in [0.05, 0.1) is 34.4 Å². The van der Waals surface area contributed by atoms with E-state index in [2.05, 4.69) is 74.6 Å². The molecule has 0 amide bonds. The van der Waals surface area contributed by atoms with E-state index in [1.54, 1.807) is 0 Å². The van der Waals surface area contributed by atoms with Crippen LogP contribution in [0.1, 0.15) is 168 Å².